The fourth-order valence-electron chi connectivity index (χ4n) is 2.67. The summed E-state index contributed by atoms with van der Waals surface area (Å²) in [6.45, 7) is 3.56. The van der Waals surface area contributed by atoms with Crippen LogP contribution in [0.15, 0.2) is 18.2 Å². The molecule has 0 heterocycles. The SMILES string of the molecule is CCOc1ccc(CNC2CCCCC2)cc1OC. The fourth-order valence-corrected chi connectivity index (χ4v) is 2.67. The quantitative estimate of drug-likeness (QED) is 0.852. The van der Waals surface area contributed by atoms with Crippen LogP contribution in [0, 0.1) is 0 Å². The first-order chi connectivity index (χ1) is 9.33. The Balaban J connectivity index is 1.92. The Hall–Kier alpha value is -1.22. The zero-order valence-electron chi connectivity index (χ0n) is 12.1. The summed E-state index contributed by atoms with van der Waals surface area (Å²) in [5.41, 5.74) is 1.26. The molecule has 0 saturated heterocycles. The Morgan fingerprint density at radius 1 is 1.16 bits per heavy atom. The molecule has 2 rings (SSSR count). The van der Waals surface area contributed by atoms with Gasteiger partial charge in [0.15, 0.2) is 11.5 Å². The van der Waals surface area contributed by atoms with Gasteiger partial charge in [-0.05, 0) is 37.5 Å². The third kappa shape index (κ3) is 4.13. The number of rotatable bonds is 6. The molecule has 1 fully saturated rings. The summed E-state index contributed by atoms with van der Waals surface area (Å²) in [7, 11) is 1.69. The van der Waals surface area contributed by atoms with E-state index in [1.54, 1.807) is 7.11 Å². The van der Waals surface area contributed by atoms with Gasteiger partial charge < -0.3 is 14.8 Å². The van der Waals surface area contributed by atoms with Crippen LogP contribution in [0.4, 0.5) is 0 Å². The maximum atomic E-state index is 5.53. The van der Waals surface area contributed by atoms with Crippen LogP contribution in [0.1, 0.15) is 44.6 Å². The topological polar surface area (TPSA) is 30.5 Å². The molecule has 19 heavy (non-hydrogen) atoms. The average Bonchev–Trinajstić information content (AvgIpc) is 2.47. The third-order valence-corrected chi connectivity index (χ3v) is 3.73. The van der Waals surface area contributed by atoms with E-state index in [-0.39, 0.29) is 0 Å². The van der Waals surface area contributed by atoms with E-state index in [0.29, 0.717) is 12.6 Å². The van der Waals surface area contributed by atoms with Crippen LogP contribution < -0.4 is 14.8 Å². The molecule has 1 aliphatic carbocycles. The van der Waals surface area contributed by atoms with Gasteiger partial charge in [-0.1, -0.05) is 25.3 Å². The summed E-state index contributed by atoms with van der Waals surface area (Å²) in [6, 6.07) is 6.87. The van der Waals surface area contributed by atoms with Crippen molar-refractivity contribution in [2.45, 2.75) is 51.6 Å². The van der Waals surface area contributed by atoms with E-state index < -0.39 is 0 Å². The summed E-state index contributed by atoms with van der Waals surface area (Å²) in [5.74, 6) is 1.65. The number of hydrogen-bond acceptors (Lipinski definition) is 3. The van der Waals surface area contributed by atoms with Gasteiger partial charge in [0.1, 0.15) is 0 Å². The zero-order valence-corrected chi connectivity index (χ0v) is 12.1. The average molecular weight is 263 g/mol. The smallest absolute Gasteiger partial charge is 0.161 e. The number of hydrogen-bond donors (Lipinski definition) is 1. The van der Waals surface area contributed by atoms with Crippen LogP contribution >= 0.6 is 0 Å². The molecule has 0 atom stereocenters. The van der Waals surface area contributed by atoms with Crippen molar-refractivity contribution < 1.29 is 9.47 Å². The lowest BCUT2D eigenvalue weighted by molar-refractivity contribution is 0.310. The number of ether oxygens (including phenoxy) is 2. The Labute approximate surface area is 116 Å². The van der Waals surface area contributed by atoms with Crippen molar-refractivity contribution in [3.05, 3.63) is 23.8 Å². The molecule has 1 aliphatic rings. The van der Waals surface area contributed by atoms with Crippen LogP contribution in [-0.4, -0.2) is 19.8 Å². The second-order valence-corrected chi connectivity index (χ2v) is 5.13. The third-order valence-electron chi connectivity index (χ3n) is 3.73. The molecule has 0 radical (unpaired) electrons. The summed E-state index contributed by atoms with van der Waals surface area (Å²) in [5, 5.41) is 3.64. The Morgan fingerprint density at radius 3 is 2.63 bits per heavy atom. The van der Waals surface area contributed by atoms with Gasteiger partial charge in [0, 0.05) is 12.6 Å². The number of methoxy groups -OCH3 is 1. The molecule has 0 spiro atoms. The van der Waals surface area contributed by atoms with Gasteiger partial charge in [0.25, 0.3) is 0 Å². The summed E-state index contributed by atoms with van der Waals surface area (Å²) >= 11 is 0. The highest BCUT2D eigenvalue weighted by atomic mass is 16.5. The van der Waals surface area contributed by atoms with E-state index in [4.69, 9.17) is 9.47 Å². The molecular formula is C16H25NO2. The molecule has 1 N–H and O–H groups in total. The van der Waals surface area contributed by atoms with Crippen molar-refractivity contribution in [1.82, 2.24) is 5.32 Å². The molecule has 106 valence electrons. The number of benzene rings is 1. The van der Waals surface area contributed by atoms with E-state index >= 15 is 0 Å². The van der Waals surface area contributed by atoms with Crippen molar-refractivity contribution >= 4 is 0 Å². The van der Waals surface area contributed by atoms with Gasteiger partial charge in [0.05, 0.1) is 13.7 Å². The first kappa shape index (κ1) is 14.2. The Morgan fingerprint density at radius 2 is 1.95 bits per heavy atom. The number of nitrogens with one attached hydrogen (secondary N) is 1. The van der Waals surface area contributed by atoms with Crippen LogP contribution in [0.5, 0.6) is 11.5 Å². The highest BCUT2D eigenvalue weighted by molar-refractivity contribution is 5.42. The lowest BCUT2D eigenvalue weighted by Crippen LogP contribution is -2.30. The molecule has 0 bridgehead atoms. The van der Waals surface area contributed by atoms with E-state index in [0.717, 1.165) is 18.0 Å². The minimum atomic E-state index is 0.663. The molecular weight excluding hydrogens is 238 g/mol. The molecule has 0 aromatic heterocycles. The maximum absolute atomic E-state index is 5.53. The van der Waals surface area contributed by atoms with Gasteiger partial charge in [0.2, 0.25) is 0 Å². The van der Waals surface area contributed by atoms with Gasteiger partial charge in [-0.25, -0.2) is 0 Å². The maximum Gasteiger partial charge on any atom is 0.161 e. The zero-order chi connectivity index (χ0) is 13.5. The second-order valence-electron chi connectivity index (χ2n) is 5.13. The van der Waals surface area contributed by atoms with Crippen LogP contribution in [0.25, 0.3) is 0 Å². The first-order valence-electron chi connectivity index (χ1n) is 7.36. The van der Waals surface area contributed by atoms with Gasteiger partial charge >= 0.3 is 0 Å². The van der Waals surface area contributed by atoms with E-state index in [1.165, 1.54) is 37.7 Å². The molecule has 0 unspecified atom stereocenters. The lowest BCUT2D eigenvalue weighted by atomic mass is 9.95. The summed E-state index contributed by atoms with van der Waals surface area (Å²) in [4.78, 5) is 0. The van der Waals surface area contributed by atoms with E-state index in [2.05, 4.69) is 17.4 Å². The van der Waals surface area contributed by atoms with Crippen LogP contribution in [-0.2, 0) is 6.54 Å². The van der Waals surface area contributed by atoms with Gasteiger partial charge in [-0.2, -0.15) is 0 Å². The Kier molecular flexibility index (Phi) is 5.52. The normalized spacial score (nSPS) is 16.3. The van der Waals surface area contributed by atoms with Crippen molar-refractivity contribution in [3.8, 4) is 11.5 Å². The molecule has 1 saturated carbocycles. The van der Waals surface area contributed by atoms with Crippen LogP contribution in [0.3, 0.4) is 0 Å². The fraction of sp³-hybridized carbons (Fsp3) is 0.625. The Bertz CT molecular complexity index is 386. The van der Waals surface area contributed by atoms with Crippen molar-refractivity contribution in [2.75, 3.05) is 13.7 Å². The molecule has 0 aliphatic heterocycles. The van der Waals surface area contributed by atoms with Gasteiger partial charge in [-0.15, -0.1) is 0 Å². The largest absolute Gasteiger partial charge is 0.493 e. The molecule has 3 heteroatoms. The summed E-state index contributed by atoms with van der Waals surface area (Å²) < 4.78 is 10.9. The van der Waals surface area contributed by atoms with Crippen molar-refractivity contribution in [1.29, 1.82) is 0 Å². The monoisotopic (exact) mass is 263 g/mol. The van der Waals surface area contributed by atoms with E-state index in [1.807, 2.05) is 13.0 Å². The van der Waals surface area contributed by atoms with Crippen molar-refractivity contribution in [2.24, 2.45) is 0 Å². The minimum absolute atomic E-state index is 0.663. The molecule has 1 aromatic rings. The minimum Gasteiger partial charge on any atom is -0.493 e. The predicted molar refractivity (Wildman–Crippen MR) is 77.9 cm³/mol. The van der Waals surface area contributed by atoms with Crippen LogP contribution in [0.2, 0.25) is 0 Å². The predicted octanol–water partition coefficient (Wildman–Crippen LogP) is 3.52. The highest BCUT2D eigenvalue weighted by Gasteiger charge is 2.13. The molecule has 1 aromatic carbocycles. The summed E-state index contributed by atoms with van der Waals surface area (Å²) in [6.07, 6.45) is 6.76. The lowest BCUT2D eigenvalue weighted by Gasteiger charge is -2.23. The van der Waals surface area contributed by atoms with Gasteiger partial charge in [-0.3, -0.25) is 0 Å². The second kappa shape index (κ2) is 7.39. The van der Waals surface area contributed by atoms with Crippen molar-refractivity contribution in [3.63, 3.8) is 0 Å². The highest BCUT2D eigenvalue weighted by Crippen LogP contribution is 2.28. The first-order valence-corrected chi connectivity index (χ1v) is 7.36. The molecule has 0 amide bonds. The van der Waals surface area contributed by atoms with E-state index in [9.17, 15) is 0 Å². The standard InChI is InChI=1S/C16H25NO2/c1-3-19-15-10-9-13(11-16(15)18-2)12-17-14-7-5-4-6-8-14/h9-11,14,17H,3-8,12H2,1-2H3. The molecule has 3 nitrogen and oxygen atoms in total.